The highest BCUT2D eigenvalue weighted by atomic mass is 32.2. The van der Waals surface area contributed by atoms with E-state index in [2.05, 4.69) is 11.5 Å². The lowest BCUT2D eigenvalue weighted by atomic mass is 10.4. The van der Waals surface area contributed by atoms with Crippen LogP contribution in [0.4, 0.5) is 13.2 Å². The highest BCUT2D eigenvalue weighted by molar-refractivity contribution is 7.86. The molecule has 1 aliphatic rings. The smallest absolute Gasteiger partial charge is 0.485 e. The third-order valence-electron chi connectivity index (χ3n) is 1.52. The Hall–Kier alpha value is -0.340. The monoisotopic (exact) mass is 236 g/mol. The van der Waals surface area contributed by atoms with Gasteiger partial charge in [0.2, 0.25) is 0 Å². The molecule has 1 aliphatic heterocycles. The zero-order valence-electron chi connectivity index (χ0n) is 7.50. The molecule has 1 saturated heterocycles. The van der Waals surface area contributed by atoms with Crippen molar-refractivity contribution in [1.29, 1.82) is 0 Å². The fraction of sp³-hybridized carbons (Fsp3) is 1.00. The first-order valence-electron chi connectivity index (χ1n) is 3.76. The van der Waals surface area contributed by atoms with Gasteiger partial charge in [-0.2, -0.15) is 13.2 Å². The molecule has 1 heterocycles. The highest BCUT2D eigenvalue weighted by Crippen LogP contribution is 2.20. The molecule has 0 spiro atoms. The molecule has 0 aliphatic carbocycles. The average molecular weight is 236 g/mol. The van der Waals surface area contributed by atoms with Crippen molar-refractivity contribution in [3.63, 3.8) is 0 Å². The van der Waals surface area contributed by atoms with Crippen LogP contribution in [0.15, 0.2) is 0 Å². The van der Waals surface area contributed by atoms with Crippen LogP contribution in [0.1, 0.15) is 12.8 Å². The summed E-state index contributed by atoms with van der Waals surface area (Å²) in [4.78, 5) is 0. The molecule has 0 bridgehead atoms. The third-order valence-corrected chi connectivity index (χ3v) is 2.09. The largest absolute Gasteiger partial charge is 0.741 e. The van der Waals surface area contributed by atoms with Gasteiger partial charge in [0.05, 0.1) is 0 Å². The summed E-state index contributed by atoms with van der Waals surface area (Å²) in [6.07, 6.45) is 2.75. The van der Waals surface area contributed by atoms with Gasteiger partial charge in [-0.15, -0.1) is 0 Å². The van der Waals surface area contributed by atoms with Crippen LogP contribution in [-0.4, -0.2) is 38.8 Å². The predicted molar refractivity (Wildman–Crippen MR) is 41.7 cm³/mol. The molecule has 0 radical (unpaired) electrons. The molecular formula is C6H11F3O4S. The van der Waals surface area contributed by atoms with Crippen LogP contribution in [0.25, 0.3) is 0 Å². The standard InChI is InChI=1S/C5H11O.CHF3O3S/c1-6-4-2-3-5-6;2-1(3,4)8(5,6)7/h2-5H2,1H3;(H,5,6,7)/q+1;/p-1. The Balaban J connectivity index is 0.000000249. The second kappa shape index (κ2) is 4.94. The fourth-order valence-corrected chi connectivity index (χ4v) is 0.799. The Morgan fingerprint density at radius 1 is 1.21 bits per heavy atom. The van der Waals surface area contributed by atoms with E-state index in [9.17, 15) is 13.2 Å². The van der Waals surface area contributed by atoms with E-state index < -0.39 is 15.6 Å². The molecule has 0 amide bonds. The van der Waals surface area contributed by atoms with Gasteiger partial charge in [0.15, 0.2) is 10.1 Å². The van der Waals surface area contributed by atoms with Crippen molar-refractivity contribution in [2.75, 3.05) is 20.3 Å². The van der Waals surface area contributed by atoms with Gasteiger partial charge in [-0.05, 0) is 0 Å². The summed E-state index contributed by atoms with van der Waals surface area (Å²) in [5, 5.41) is 0. The lowest BCUT2D eigenvalue weighted by Gasteiger charge is -2.08. The third kappa shape index (κ3) is 5.40. The molecule has 4 nitrogen and oxygen atoms in total. The Morgan fingerprint density at radius 2 is 1.50 bits per heavy atom. The van der Waals surface area contributed by atoms with Crippen LogP contribution in [0.2, 0.25) is 0 Å². The molecule has 0 aromatic rings. The molecule has 0 aromatic heterocycles. The van der Waals surface area contributed by atoms with Gasteiger partial charge in [-0.3, -0.25) is 0 Å². The Kier molecular flexibility index (Phi) is 4.82. The Labute approximate surface area is 80.1 Å². The zero-order valence-corrected chi connectivity index (χ0v) is 8.32. The van der Waals surface area contributed by atoms with Crippen LogP contribution in [0.3, 0.4) is 0 Å². The lowest BCUT2D eigenvalue weighted by molar-refractivity contribution is -0.0595. The SMILES string of the molecule is C[O+]1CCCC1.O=S(=O)([O-])C(F)(F)F. The van der Waals surface area contributed by atoms with E-state index in [4.69, 9.17) is 13.0 Å². The van der Waals surface area contributed by atoms with Gasteiger partial charge >= 0.3 is 5.51 Å². The zero-order chi connectivity index (χ0) is 11.4. The minimum absolute atomic E-state index is 1.24. The molecule has 0 atom stereocenters. The van der Waals surface area contributed by atoms with E-state index in [0.717, 1.165) is 0 Å². The van der Waals surface area contributed by atoms with Crippen LogP contribution in [-0.2, 0) is 14.5 Å². The molecule has 0 unspecified atom stereocenters. The van der Waals surface area contributed by atoms with Crippen molar-refractivity contribution < 1.29 is 30.5 Å². The molecule has 14 heavy (non-hydrogen) atoms. The molecule has 1 rings (SSSR count). The van der Waals surface area contributed by atoms with E-state index in [1.807, 2.05) is 0 Å². The molecule has 0 N–H and O–H groups in total. The molecule has 86 valence electrons. The Morgan fingerprint density at radius 3 is 1.57 bits per heavy atom. The van der Waals surface area contributed by atoms with Crippen molar-refractivity contribution in [3.05, 3.63) is 0 Å². The van der Waals surface area contributed by atoms with Crippen molar-refractivity contribution in [1.82, 2.24) is 0 Å². The van der Waals surface area contributed by atoms with Crippen molar-refractivity contribution in [2.24, 2.45) is 0 Å². The van der Waals surface area contributed by atoms with Gasteiger partial charge in [-0.1, -0.05) is 0 Å². The summed E-state index contributed by atoms with van der Waals surface area (Å²) in [5.41, 5.74) is -5.65. The van der Waals surface area contributed by atoms with Crippen LogP contribution in [0.5, 0.6) is 0 Å². The molecule has 1 fully saturated rings. The van der Waals surface area contributed by atoms with Crippen LogP contribution < -0.4 is 0 Å². The molecule has 0 saturated carbocycles. The van der Waals surface area contributed by atoms with Gasteiger partial charge in [0.1, 0.15) is 20.3 Å². The minimum Gasteiger partial charge on any atom is -0.741 e. The van der Waals surface area contributed by atoms with E-state index in [0.29, 0.717) is 0 Å². The number of hydrogen-bond acceptors (Lipinski definition) is 3. The van der Waals surface area contributed by atoms with Crippen LogP contribution >= 0.6 is 0 Å². The summed E-state index contributed by atoms with van der Waals surface area (Å²) in [6, 6.07) is 0. The quantitative estimate of drug-likeness (QED) is 0.358. The minimum atomic E-state index is -6.09. The van der Waals surface area contributed by atoms with Gasteiger partial charge in [0.25, 0.3) is 0 Å². The van der Waals surface area contributed by atoms with E-state index in [1.165, 1.54) is 26.1 Å². The van der Waals surface area contributed by atoms with Crippen molar-refractivity contribution in [2.45, 2.75) is 18.3 Å². The van der Waals surface area contributed by atoms with Gasteiger partial charge in [0, 0.05) is 12.8 Å². The highest BCUT2D eigenvalue weighted by Gasteiger charge is 2.36. The number of rotatable bonds is 0. The lowest BCUT2D eigenvalue weighted by Crippen LogP contribution is -2.21. The average Bonchev–Trinajstić information content (AvgIpc) is 2.35. The number of hydrogen-bond donors (Lipinski definition) is 0. The second-order valence-electron chi connectivity index (χ2n) is 2.80. The topological polar surface area (TPSA) is 59.9 Å². The van der Waals surface area contributed by atoms with Crippen LogP contribution in [0, 0.1) is 0 Å². The normalized spacial score (nSPS) is 18.9. The maximum Gasteiger partial charge on any atom is 0.485 e. The first-order chi connectivity index (χ1) is 6.14. The van der Waals surface area contributed by atoms with Crippen molar-refractivity contribution in [3.8, 4) is 0 Å². The first kappa shape index (κ1) is 13.7. The maximum absolute atomic E-state index is 10.7. The summed E-state index contributed by atoms with van der Waals surface area (Å²) in [6.45, 7) is 2.47. The second-order valence-corrected chi connectivity index (χ2v) is 4.17. The summed E-state index contributed by atoms with van der Waals surface area (Å²) in [5.74, 6) is 0. The number of halogens is 3. The molecule has 0 aromatic carbocycles. The maximum atomic E-state index is 10.7. The first-order valence-corrected chi connectivity index (χ1v) is 5.16. The van der Waals surface area contributed by atoms with E-state index in [-0.39, 0.29) is 0 Å². The fourth-order valence-electron chi connectivity index (χ4n) is 0.799. The number of alkyl halides is 3. The molecular weight excluding hydrogens is 225 g/mol. The van der Waals surface area contributed by atoms with Crippen molar-refractivity contribution >= 4 is 10.1 Å². The summed E-state index contributed by atoms with van der Waals surface area (Å²) < 4.78 is 61.9. The summed E-state index contributed by atoms with van der Waals surface area (Å²) >= 11 is 0. The molecule has 8 heteroatoms. The van der Waals surface area contributed by atoms with E-state index in [1.54, 1.807) is 0 Å². The summed E-state index contributed by atoms with van der Waals surface area (Å²) in [7, 11) is -4.00. The predicted octanol–water partition coefficient (Wildman–Crippen LogP) is 1.01. The Bertz CT molecular complexity index is 253. The van der Waals surface area contributed by atoms with E-state index >= 15 is 0 Å². The van der Waals surface area contributed by atoms with Gasteiger partial charge in [-0.25, -0.2) is 8.42 Å². The van der Waals surface area contributed by atoms with Gasteiger partial charge < -0.3 is 8.92 Å².